The smallest absolute Gasteiger partial charge is 0.251 e. The number of nitrogens with one attached hydrogen (secondary N) is 2. The first-order chi connectivity index (χ1) is 9.43. The van der Waals surface area contributed by atoms with Crippen LogP contribution in [0.3, 0.4) is 0 Å². The van der Waals surface area contributed by atoms with Crippen molar-refractivity contribution in [2.24, 2.45) is 5.92 Å². The second-order valence-electron chi connectivity index (χ2n) is 5.02. The van der Waals surface area contributed by atoms with Crippen molar-refractivity contribution >= 4 is 17.5 Å². The van der Waals surface area contributed by atoms with E-state index in [4.69, 9.17) is 5.26 Å². The lowest BCUT2D eigenvalue weighted by Crippen LogP contribution is -2.27. The van der Waals surface area contributed by atoms with Crippen LogP contribution in [0, 0.1) is 24.2 Å². The summed E-state index contributed by atoms with van der Waals surface area (Å²) < 4.78 is 0. The van der Waals surface area contributed by atoms with E-state index in [0.29, 0.717) is 23.7 Å². The highest BCUT2D eigenvalue weighted by atomic mass is 16.2. The molecule has 0 spiro atoms. The predicted octanol–water partition coefficient (Wildman–Crippen LogP) is 2.23. The highest BCUT2D eigenvalue weighted by Crippen LogP contribution is 2.17. The first-order valence-corrected chi connectivity index (χ1v) is 6.49. The number of aryl methyl sites for hydroxylation is 1. The summed E-state index contributed by atoms with van der Waals surface area (Å²) >= 11 is 0. The van der Waals surface area contributed by atoms with Gasteiger partial charge in [-0.15, -0.1) is 0 Å². The van der Waals surface area contributed by atoms with Crippen LogP contribution in [-0.4, -0.2) is 18.4 Å². The van der Waals surface area contributed by atoms with E-state index >= 15 is 0 Å². The van der Waals surface area contributed by atoms with Gasteiger partial charge in [0.05, 0.1) is 6.07 Å². The first kappa shape index (κ1) is 15.7. The number of benzene rings is 1. The van der Waals surface area contributed by atoms with Crippen LogP contribution in [0.25, 0.3) is 0 Å². The van der Waals surface area contributed by atoms with Gasteiger partial charge in [0, 0.05) is 17.8 Å². The molecule has 0 aliphatic carbocycles. The normalized spacial score (nSPS) is 9.95. The third kappa shape index (κ3) is 4.73. The number of hydrogen-bond donors (Lipinski definition) is 2. The Morgan fingerprint density at radius 3 is 2.65 bits per heavy atom. The van der Waals surface area contributed by atoms with Crippen LogP contribution in [-0.2, 0) is 4.79 Å². The number of carbonyl (C=O) groups excluding carboxylic acids is 2. The van der Waals surface area contributed by atoms with E-state index in [0.717, 1.165) is 5.56 Å². The number of nitrogens with zero attached hydrogens (tertiary/aromatic N) is 1. The highest BCUT2D eigenvalue weighted by Gasteiger charge is 2.10. The Bertz CT molecular complexity index is 545. The third-order valence-corrected chi connectivity index (χ3v) is 2.68. The van der Waals surface area contributed by atoms with E-state index in [1.807, 2.05) is 20.8 Å². The number of anilines is 1. The summed E-state index contributed by atoms with van der Waals surface area (Å²) in [5.41, 5.74) is 1.89. The van der Waals surface area contributed by atoms with E-state index in [9.17, 15) is 9.59 Å². The maximum atomic E-state index is 11.9. The zero-order valence-electron chi connectivity index (χ0n) is 12.0. The summed E-state index contributed by atoms with van der Waals surface area (Å²) in [6.07, 6.45) is -0.205. The average molecular weight is 273 g/mol. The molecule has 0 atom stereocenters. The number of rotatable bonds is 5. The zero-order chi connectivity index (χ0) is 15.1. The molecule has 106 valence electrons. The number of hydrogen-bond acceptors (Lipinski definition) is 3. The molecule has 5 heteroatoms. The van der Waals surface area contributed by atoms with Crippen LogP contribution in [0.1, 0.15) is 36.2 Å². The lowest BCUT2D eigenvalue weighted by molar-refractivity contribution is -0.115. The minimum absolute atomic E-state index is 0.172. The molecule has 0 saturated carbocycles. The topological polar surface area (TPSA) is 82.0 Å². The van der Waals surface area contributed by atoms with Crippen molar-refractivity contribution in [1.29, 1.82) is 5.26 Å². The van der Waals surface area contributed by atoms with E-state index in [2.05, 4.69) is 10.6 Å². The van der Waals surface area contributed by atoms with Gasteiger partial charge in [0.1, 0.15) is 6.42 Å². The Morgan fingerprint density at radius 1 is 1.35 bits per heavy atom. The fourth-order valence-corrected chi connectivity index (χ4v) is 1.56. The largest absolute Gasteiger partial charge is 0.352 e. The molecule has 0 fully saturated rings. The van der Waals surface area contributed by atoms with Crippen LogP contribution in [0.15, 0.2) is 18.2 Å². The molecule has 1 rings (SSSR count). The molecular weight excluding hydrogens is 254 g/mol. The van der Waals surface area contributed by atoms with Crippen molar-refractivity contribution in [2.45, 2.75) is 27.2 Å². The average Bonchev–Trinajstić information content (AvgIpc) is 2.38. The van der Waals surface area contributed by atoms with E-state index in [1.54, 1.807) is 24.3 Å². The molecule has 0 saturated heterocycles. The Morgan fingerprint density at radius 2 is 2.05 bits per heavy atom. The molecule has 1 aromatic carbocycles. The highest BCUT2D eigenvalue weighted by molar-refractivity contribution is 5.98. The molecule has 2 amide bonds. The van der Waals surface area contributed by atoms with Gasteiger partial charge in [-0.2, -0.15) is 5.26 Å². The molecule has 2 N–H and O–H groups in total. The zero-order valence-corrected chi connectivity index (χ0v) is 12.0. The van der Waals surface area contributed by atoms with Gasteiger partial charge in [0.2, 0.25) is 5.91 Å². The Balaban J connectivity index is 2.83. The molecule has 0 radical (unpaired) electrons. The minimum Gasteiger partial charge on any atom is -0.352 e. The molecule has 0 aromatic heterocycles. The molecule has 0 unspecified atom stereocenters. The molecule has 0 aliphatic rings. The quantitative estimate of drug-likeness (QED) is 0.863. The fourth-order valence-electron chi connectivity index (χ4n) is 1.56. The molecule has 5 nitrogen and oxygen atoms in total. The lowest BCUT2D eigenvalue weighted by Gasteiger charge is -2.11. The van der Waals surface area contributed by atoms with Crippen LogP contribution in [0.2, 0.25) is 0 Å². The summed E-state index contributed by atoms with van der Waals surface area (Å²) in [4.78, 5) is 23.4. The van der Waals surface area contributed by atoms with Gasteiger partial charge in [0.15, 0.2) is 0 Å². The molecule has 0 aliphatic heterocycles. The summed E-state index contributed by atoms with van der Waals surface area (Å²) in [6.45, 7) is 6.46. The van der Waals surface area contributed by atoms with Crippen LogP contribution in [0.4, 0.5) is 5.69 Å². The van der Waals surface area contributed by atoms with Gasteiger partial charge in [-0.3, -0.25) is 9.59 Å². The monoisotopic (exact) mass is 273 g/mol. The van der Waals surface area contributed by atoms with Gasteiger partial charge in [-0.25, -0.2) is 0 Å². The van der Waals surface area contributed by atoms with Gasteiger partial charge >= 0.3 is 0 Å². The maximum absolute atomic E-state index is 11.9. The van der Waals surface area contributed by atoms with E-state index < -0.39 is 0 Å². The van der Waals surface area contributed by atoms with Gasteiger partial charge in [0.25, 0.3) is 5.91 Å². The Kier molecular flexibility index (Phi) is 5.73. The second-order valence-corrected chi connectivity index (χ2v) is 5.02. The van der Waals surface area contributed by atoms with Crippen molar-refractivity contribution in [2.75, 3.05) is 11.9 Å². The first-order valence-electron chi connectivity index (χ1n) is 6.49. The van der Waals surface area contributed by atoms with Crippen molar-refractivity contribution < 1.29 is 9.59 Å². The van der Waals surface area contributed by atoms with Crippen molar-refractivity contribution in [3.63, 3.8) is 0 Å². The van der Waals surface area contributed by atoms with Gasteiger partial charge in [-0.1, -0.05) is 19.9 Å². The lowest BCUT2D eigenvalue weighted by atomic mass is 10.1. The predicted molar refractivity (Wildman–Crippen MR) is 77.2 cm³/mol. The molecule has 20 heavy (non-hydrogen) atoms. The van der Waals surface area contributed by atoms with Crippen molar-refractivity contribution in [1.82, 2.24) is 5.32 Å². The maximum Gasteiger partial charge on any atom is 0.251 e. The number of carbonyl (C=O) groups is 2. The summed E-state index contributed by atoms with van der Waals surface area (Å²) in [7, 11) is 0. The van der Waals surface area contributed by atoms with E-state index in [-0.39, 0.29) is 18.2 Å². The third-order valence-electron chi connectivity index (χ3n) is 2.68. The minimum atomic E-state index is -0.379. The molecular formula is C15H19N3O2. The fraction of sp³-hybridized carbons (Fsp3) is 0.400. The molecule has 0 bridgehead atoms. The molecule has 0 heterocycles. The van der Waals surface area contributed by atoms with E-state index in [1.165, 1.54) is 0 Å². The van der Waals surface area contributed by atoms with Gasteiger partial charge < -0.3 is 10.6 Å². The van der Waals surface area contributed by atoms with Crippen molar-refractivity contribution in [3.05, 3.63) is 29.3 Å². The van der Waals surface area contributed by atoms with Crippen LogP contribution < -0.4 is 10.6 Å². The summed E-state index contributed by atoms with van der Waals surface area (Å²) in [5, 5.41) is 13.9. The Hall–Kier alpha value is -2.35. The number of amides is 2. The van der Waals surface area contributed by atoms with Crippen molar-refractivity contribution in [3.8, 4) is 6.07 Å². The second kappa shape index (κ2) is 7.29. The number of nitriles is 1. The standard InChI is InChI=1S/C15H19N3O2/c1-10(2)9-17-15(20)12-5-4-11(3)13(8-12)18-14(19)6-7-16/h4-5,8,10H,6,9H2,1-3H3,(H,17,20)(H,18,19). The molecule has 1 aromatic rings. The summed E-state index contributed by atoms with van der Waals surface area (Å²) in [5.74, 6) is -0.177. The Labute approximate surface area is 119 Å². The summed E-state index contributed by atoms with van der Waals surface area (Å²) in [6, 6.07) is 6.89. The van der Waals surface area contributed by atoms with Crippen LogP contribution >= 0.6 is 0 Å². The SMILES string of the molecule is Cc1ccc(C(=O)NCC(C)C)cc1NC(=O)CC#N. The van der Waals surface area contributed by atoms with Crippen LogP contribution in [0.5, 0.6) is 0 Å². The van der Waals surface area contributed by atoms with Gasteiger partial charge in [-0.05, 0) is 30.5 Å².